The van der Waals surface area contributed by atoms with Crippen LogP contribution >= 0.6 is 0 Å². The SMILES string of the molecule is CC(CCc1ccco1)NC(=O)C1CC2CCC1CC21NC(=O)c2ccccc2O1. The van der Waals surface area contributed by atoms with E-state index in [1.54, 1.807) is 12.3 Å². The molecule has 6 nitrogen and oxygen atoms in total. The van der Waals surface area contributed by atoms with Crippen LogP contribution < -0.4 is 15.4 Å². The van der Waals surface area contributed by atoms with Crippen LogP contribution in [0.3, 0.4) is 0 Å². The molecule has 2 amide bonds. The molecule has 4 aliphatic rings. The number of rotatable bonds is 5. The van der Waals surface area contributed by atoms with Gasteiger partial charge in [0, 0.05) is 30.7 Å². The third kappa shape index (κ3) is 3.38. The molecule has 158 valence electrons. The van der Waals surface area contributed by atoms with Gasteiger partial charge in [0.2, 0.25) is 5.91 Å². The topological polar surface area (TPSA) is 80.6 Å². The van der Waals surface area contributed by atoms with E-state index in [1.807, 2.05) is 37.3 Å². The summed E-state index contributed by atoms with van der Waals surface area (Å²) in [4.78, 5) is 25.7. The van der Waals surface area contributed by atoms with E-state index < -0.39 is 5.72 Å². The maximum Gasteiger partial charge on any atom is 0.258 e. The second-order valence-corrected chi connectivity index (χ2v) is 9.05. The Morgan fingerprint density at radius 2 is 2.13 bits per heavy atom. The molecule has 0 radical (unpaired) electrons. The molecule has 2 N–H and O–H groups in total. The average Bonchev–Trinajstić information content (AvgIpc) is 3.26. The van der Waals surface area contributed by atoms with Crippen molar-refractivity contribution in [3.63, 3.8) is 0 Å². The van der Waals surface area contributed by atoms with Crippen LogP contribution in [-0.2, 0) is 11.2 Å². The molecule has 3 aliphatic carbocycles. The van der Waals surface area contributed by atoms with Crippen molar-refractivity contribution in [2.24, 2.45) is 17.8 Å². The maximum absolute atomic E-state index is 13.0. The van der Waals surface area contributed by atoms with Crippen LogP contribution in [0.4, 0.5) is 0 Å². The van der Waals surface area contributed by atoms with Crippen molar-refractivity contribution in [3.8, 4) is 5.75 Å². The van der Waals surface area contributed by atoms with E-state index in [2.05, 4.69) is 10.6 Å². The summed E-state index contributed by atoms with van der Waals surface area (Å²) in [5.41, 5.74) is -0.0833. The van der Waals surface area contributed by atoms with Gasteiger partial charge in [0.25, 0.3) is 5.91 Å². The molecule has 1 spiro atoms. The molecule has 3 saturated carbocycles. The second-order valence-electron chi connectivity index (χ2n) is 9.05. The van der Waals surface area contributed by atoms with E-state index in [-0.39, 0.29) is 35.6 Å². The minimum Gasteiger partial charge on any atom is -0.469 e. The number of benzene rings is 1. The molecule has 2 bridgehead atoms. The summed E-state index contributed by atoms with van der Waals surface area (Å²) in [7, 11) is 0. The Morgan fingerprint density at radius 3 is 2.90 bits per heavy atom. The Hall–Kier alpha value is -2.76. The van der Waals surface area contributed by atoms with E-state index in [4.69, 9.17) is 9.15 Å². The first-order chi connectivity index (χ1) is 14.5. The number of amides is 2. The maximum atomic E-state index is 13.0. The zero-order valence-electron chi connectivity index (χ0n) is 17.2. The van der Waals surface area contributed by atoms with Gasteiger partial charge in [-0.1, -0.05) is 12.1 Å². The number of para-hydroxylation sites is 1. The summed E-state index contributed by atoms with van der Waals surface area (Å²) in [5.74, 6) is 2.01. The third-order valence-electron chi connectivity index (χ3n) is 7.10. The number of nitrogens with one attached hydrogen (secondary N) is 2. The van der Waals surface area contributed by atoms with Crippen molar-refractivity contribution in [1.82, 2.24) is 10.6 Å². The van der Waals surface area contributed by atoms with Gasteiger partial charge >= 0.3 is 0 Å². The zero-order chi connectivity index (χ0) is 20.7. The van der Waals surface area contributed by atoms with Gasteiger partial charge < -0.3 is 19.8 Å². The fourth-order valence-corrected chi connectivity index (χ4v) is 5.52. The molecule has 30 heavy (non-hydrogen) atoms. The quantitative estimate of drug-likeness (QED) is 0.791. The molecule has 1 aliphatic heterocycles. The molecule has 1 aromatic heterocycles. The minimum atomic E-state index is -0.671. The summed E-state index contributed by atoms with van der Waals surface area (Å²) in [6, 6.07) is 11.3. The first-order valence-corrected chi connectivity index (χ1v) is 11.0. The summed E-state index contributed by atoms with van der Waals surface area (Å²) in [5, 5.41) is 6.36. The summed E-state index contributed by atoms with van der Waals surface area (Å²) in [6.07, 6.45) is 6.77. The zero-order valence-corrected chi connectivity index (χ0v) is 17.2. The Kier molecular flexibility index (Phi) is 4.80. The number of ether oxygens (including phenoxy) is 1. The molecule has 3 fully saturated rings. The number of hydrogen-bond donors (Lipinski definition) is 2. The van der Waals surface area contributed by atoms with Crippen LogP contribution in [-0.4, -0.2) is 23.6 Å². The molecule has 6 heteroatoms. The lowest BCUT2D eigenvalue weighted by Gasteiger charge is -2.55. The van der Waals surface area contributed by atoms with Crippen molar-refractivity contribution < 1.29 is 18.7 Å². The molecular weight excluding hydrogens is 380 g/mol. The fraction of sp³-hybridized carbons (Fsp3) is 0.500. The van der Waals surface area contributed by atoms with Crippen molar-refractivity contribution in [1.29, 1.82) is 0 Å². The van der Waals surface area contributed by atoms with Gasteiger partial charge in [0.05, 0.1) is 11.8 Å². The van der Waals surface area contributed by atoms with Crippen LogP contribution in [0.25, 0.3) is 0 Å². The first kappa shape index (κ1) is 19.2. The predicted molar refractivity (Wildman–Crippen MR) is 111 cm³/mol. The smallest absolute Gasteiger partial charge is 0.258 e. The number of hydrogen-bond acceptors (Lipinski definition) is 4. The standard InChI is InChI=1S/C24H28N2O4/c1-15(8-11-18-5-4-12-29-18)25-22(27)20-13-17-10-9-16(20)14-24(17)26-23(28)19-6-2-3-7-21(19)30-24/h2-7,12,15-17,20H,8-11,13-14H2,1H3,(H,25,27)(H,26,28). The first-order valence-electron chi connectivity index (χ1n) is 11.0. The van der Waals surface area contributed by atoms with E-state index in [9.17, 15) is 9.59 Å². The van der Waals surface area contributed by atoms with Crippen LogP contribution in [0.15, 0.2) is 47.1 Å². The monoisotopic (exact) mass is 408 g/mol. The second kappa shape index (κ2) is 7.49. The summed E-state index contributed by atoms with van der Waals surface area (Å²) in [6.45, 7) is 2.05. The largest absolute Gasteiger partial charge is 0.469 e. The van der Waals surface area contributed by atoms with Gasteiger partial charge in [0.1, 0.15) is 11.5 Å². The molecule has 2 aromatic rings. The lowest BCUT2D eigenvalue weighted by Crippen LogP contribution is -2.67. The predicted octanol–water partition coefficient (Wildman–Crippen LogP) is 3.67. The van der Waals surface area contributed by atoms with Gasteiger partial charge in [-0.05, 0) is 62.8 Å². The van der Waals surface area contributed by atoms with E-state index in [0.29, 0.717) is 17.7 Å². The highest BCUT2D eigenvalue weighted by atomic mass is 16.5. The highest BCUT2D eigenvalue weighted by Gasteiger charge is 2.57. The fourth-order valence-electron chi connectivity index (χ4n) is 5.52. The van der Waals surface area contributed by atoms with Crippen LogP contribution in [0.5, 0.6) is 5.75 Å². The van der Waals surface area contributed by atoms with Gasteiger partial charge in [0.15, 0.2) is 5.72 Å². The molecule has 0 saturated heterocycles. The molecule has 5 unspecified atom stereocenters. The number of carbonyl (C=O) groups is 2. The van der Waals surface area contributed by atoms with Crippen LogP contribution in [0.2, 0.25) is 0 Å². The number of carbonyl (C=O) groups excluding carboxylic acids is 2. The van der Waals surface area contributed by atoms with E-state index in [1.165, 1.54) is 0 Å². The van der Waals surface area contributed by atoms with Gasteiger partial charge in [-0.15, -0.1) is 0 Å². The van der Waals surface area contributed by atoms with Crippen molar-refractivity contribution in [2.45, 2.75) is 57.2 Å². The van der Waals surface area contributed by atoms with E-state index in [0.717, 1.165) is 37.9 Å². The van der Waals surface area contributed by atoms with Crippen LogP contribution in [0.1, 0.15) is 55.1 Å². The van der Waals surface area contributed by atoms with Gasteiger partial charge in [-0.25, -0.2) is 0 Å². The Bertz CT molecular complexity index is 940. The molecule has 6 rings (SSSR count). The summed E-state index contributed by atoms with van der Waals surface area (Å²) < 4.78 is 11.8. The highest BCUT2D eigenvalue weighted by molar-refractivity contribution is 5.98. The minimum absolute atomic E-state index is 0.0156. The summed E-state index contributed by atoms with van der Waals surface area (Å²) >= 11 is 0. The van der Waals surface area contributed by atoms with Crippen molar-refractivity contribution in [2.75, 3.05) is 0 Å². The normalized spacial score (nSPS) is 30.3. The molecule has 2 heterocycles. The molecular formula is C24H28N2O4. The van der Waals surface area contributed by atoms with Crippen molar-refractivity contribution in [3.05, 3.63) is 54.0 Å². The Morgan fingerprint density at radius 1 is 1.27 bits per heavy atom. The molecule has 1 aromatic carbocycles. The number of aryl methyl sites for hydroxylation is 1. The number of fused-ring (bicyclic) bond motifs is 3. The van der Waals surface area contributed by atoms with Gasteiger partial charge in [-0.2, -0.15) is 0 Å². The third-order valence-corrected chi connectivity index (χ3v) is 7.10. The van der Waals surface area contributed by atoms with Crippen LogP contribution in [0, 0.1) is 17.8 Å². The van der Waals surface area contributed by atoms with Gasteiger partial charge in [-0.3, -0.25) is 9.59 Å². The average molecular weight is 408 g/mol. The molecule has 5 atom stereocenters. The highest BCUT2D eigenvalue weighted by Crippen LogP contribution is 2.52. The number of furan rings is 1. The lowest BCUT2D eigenvalue weighted by molar-refractivity contribution is -0.147. The Balaban J connectivity index is 1.23. The lowest BCUT2D eigenvalue weighted by atomic mass is 9.60. The van der Waals surface area contributed by atoms with E-state index >= 15 is 0 Å². The Labute approximate surface area is 176 Å². The van der Waals surface area contributed by atoms with Crippen molar-refractivity contribution >= 4 is 11.8 Å².